The molecule has 3 rings (SSSR count). The van der Waals surface area contributed by atoms with Crippen LogP contribution in [-0.4, -0.2) is 6.10 Å². The van der Waals surface area contributed by atoms with Crippen LogP contribution in [0.5, 0.6) is 0 Å². The number of hydrogen-bond acceptors (Lipinski definition) is 1. The molecular weight excluding hydrogens is 208 g/mol. The fourth-order valence-electron chi connectivity index (χ4n) is 4.00. The quantitative estimate of drug-likeness (QED) is 0.713. The Morgan fingerprint density at radius 2 is 2.06 bits per heavy atom. The normalized spacial score (nSPS) is 39.2. The van der Waals surface area contributed by atoms with Gasteiger partial charge >= 0.3 is 0 Å². The molecule has 0 aliphatic heterocycles. The zero-order chi connectivity index (χ0) is 11.9. The molecule has 0 heterocycles. The van der Waals surface area contributed by atoms with Crippen molar-refractivity contribution in [1.82, 2.24) is 0 Å². The van der Waals surface area contributed by atoms with E-state index in [-0.39, 0.29) is 0 Å². The highest BCUT2D eigenvalue weighted by Gasteiger charge is 2.53. The van der Waals surface area contributed by atoms with Gasteiger partial charge in [-0.25, -0.2) is 0 Å². The number of ether oxygens (including phenoxy) is 1. The van der Waals surface area contributed by atoms with Crippen LogP contribution >= 0.6 is 0 Å². The second-order valence-electron chi connectivity index (χ2n) is 5.76. The third kappa shape index (κ3) is 1.60. The van der Waals surface area contributed by atoms with E-state index < -0.39 is 0 Å². The monoisotopic (exact) mass is 228 g/mol. The van der Waals surface area contributed by atoms with Crippen LogP contribution in [0.25, 0.3) is 0 Å². The van der Waals surface area contributed by atoms with E-state index in [4.69, 9.17) is 4.74 Å². The molecule has 2 bridgehead atoms. The first kappa shape index (κ1) is 10.9. The van der Waals surface area contributed by atoms with E-state index in [1.54, 1.807) is 6.26 Å². The van der Waals surface area contributed by atoms with Gasteiger partial charge in [-0.3, -0.25) is 0 Å². The Bertz CT molecular complexity index is 411. The molecular formula is C16H20O. The minimum absolute atomic E-state index is 0.368. The summed E-state index contributed by atoms with van der Waals surface area (Å²) in [5, 5.41) is 0. The van der Waals surface area contributed by atoms with E-state index in [2.05, 4.69) is 43.8 Å². The molecule has 0 radical (unpaired) electrons. The van der Waals surface area contributed by atoms with Crippen LogP contribution in [0.15, 0.2) is 43.2 Å². The Morgan fingerprint density at radius 3 is 2.65 bits per heavy atom. The molecule has 1 heteroatoms. The zero-order valence-corrected chi connectivity index (χ0v) is 10.4. The topological polar surface area (TPSA) is 9.23 Å². The molecule has 2 fully saturated rings. The molecule has 0 aromatic heterocycles. The van der Waals surface area contributed by atoms with Crippen molar-refractivity contribution in [3.8, 4) is 0 Å². The van der Waals surface area contributed by atoms with Crippen LogP contribution in [0, 0.1) is 11.8 Å². The highest BCUT2D eigenvalue weighted by atomic mass is 16.5. The van der Waals surface area contributed by atoms with Crippen LogP contribution in [0.1, 0.15) is 31.7 Å². The van der Waals surface area contributed by atoms with Gasteiger partial charge in [0.25, 0.3) is 0 Å². The van der Waals surface area contributed by atoms with E-state index in [0.717, 1.165) is 11.8 Å². The van der Waals surface area contributed by atoms with Gasteiger partial charge in [0.1, 0.15) is 6.10 Å². The van der Waals surface area contributed by atoms with Crippen LogP contribution in [-0.2, 0) is 10.2 Å². The van der Waals surface area contributed by atoms with Gasteiger partial charge < -0.3 is 4.74 Å². The highest BCUT2D eigenvalue weighted by molar-refractivity contribution is 5.29. The Hall–Kier alpha value is -1.24. The SMILES string of the molecule is C=COC1CC2CC1CC2(C)c1ccccc1. The van der Waals surface area contributed by atoms with Crippen LogP contribution in [0.2, 0.25) is 0 Å². The van der Waals surface area contributed by atoms with Crippen molar-refractivity contribution < 1.29 is 4.74 Å². The second kappa shape index (κ2) is 3.90. The van der Waals surface area contributed by atoms with Gasteiger partial charge in [0.2, 0.25) is 0 Å². The molecule has 0 saturated heterocycles. The molecule has 0 spiro atoms. The lowest BCUT2D eigenvalue weighted by Gasteiger charge is -2.37. The largest absolute Gasteiger partial charge is 0.498 e. The lowest BCUT2D eigenvalue weighted by atomic mass is 9.69. The average Bonchev–Trinajstić information content (AvgIpc) is 2.88. The Balaban J connectivity index is 1.83. The second-order valence-corrected chi connectivity index (χ2v) is 5.76. The van der Waals surface area contributed by atoms with Crippen molar-refractivity contribution in [3.05, 3.63) is 48.7 Å². The lowest BCUT2D eigenvalue weighted by molar-refractivity contribution is 0.0703. The Labute approximate surface area is 103 Å². The van der Waals surface area contributed by atoms with Crippen molar-refractivity contribution in [3.63, 3.8) is 0 Å². The maximum absolute atomic E-state index is 5.63. The van der Waals surface area contributed by atoms with Crippen molar-refractivity contribution >= 4 is 0 Å². The maximum atomic E-state index is 5.63. The summed E-state index contributed by atoms with van der Waals surface area (Å²) in [6.07, 6.45) is 5.83. The third-order valence-electron chi connectivity index (χ3n) is 4.92. The first-order valence-corrected chi connectivity index (χ1v) is 6.56. The molecule has 1 nitrogen and oxygen atoms in total. The molecule has 1 aromatic carbocycles. The summed E-state index contributed by atoms with van der Waals surface area (Å²) in [4.78, 5) is 0. The van der Waals surface area contributed by atoms with Gasteiger partial charge in [-0.15, -0.1) is 0 Å². The first-order valence-electron chi connectivity index (χ1n) is 6.56. The summed E-state index contributed by atoms with van der Waals surface area (Å²) in [5.41, 5.74) is 1.87. The molecule has 90 valence electrons. The molecule has 2 aliphatic rings. The van der Waals surface area contributed by atoms with E-state index in [9.17, 15) is 0 Å². The third-order valence-corrected chi connectivity index (χ3v) is 4.92. The number of hydrogen-bond donors (Lipinski definition) is 0. The molecule has 2 aliphatic carbocycles. The van der Waals surface area contributed by atoms with E-state index >= 15 is 0 Å². The predicted molar refractivity (Wildman–Crippen MR) is 69.7 cm³/mol. The summed E-state index contributed by atoms with van der Waals surface area (Å²) in [7, 11) is 0. The van der Waals surface area contributed by atoms with E-state index in [1.165, 1.54) is 24.8 Å². The maximum Gasteiger partial charge on any atom is 0.101 e. The molecule has 1 aromatic rings. The number of benzene rings is 1. The molecule has 17 heavy (non-hydrogen) atoms. The van der Waals surface area contributed by atoms with Crippen molar-refractivity contribution in [2.75, 3.05) is 0 Å². The summed E-state index contributed by atoms with van der Waals surface area (Å²) >= 11 is 0. The lowest BCUT2D eigenvalue weighted by Crippen LogP contribution is -2.34. The summed E-state index contributed by atoms with van der Waals surface area (Å²) in [6, 6.07) is 11.0. The summed E-state index contributed by atoms with van der Waals surface area (Å²) in [6.45, 7) is 6.11. The van der Waals surface area contributed by atoms with Gasteiger partial charge in [0.05, 0.1) is 6.26 Å². The van der Waals surface area contributed by atoms with Crippen molar-refractivity contribution in [1.29, 1.82) is 0 Å². The fourth-order valence-corrected chi connectivity index (χ4v) is 4.00. The number of rotatable bonds is 3. The Kier molecular flexibility index (Phi) is 2.50. The van der Waals surface area contributed by atoms with Crippen LogP contribution < -0.4 is 0 Å². The van der Waals surface area contributed by atoms with E-state index in [0.29, 0.717) is 11.5 Å². The summed E-state index contributed by atoms with van der Waals surface area (Å²) in [5.74, 6) is 1.50. The van der Waals surface area contributed by atoms with E-state index in [1.807, 2.05) is 0 Å². The fraction of sp³-hybridized carbons (Fsp3) is 0.500. The molecule has 2 saturated carbocycles. The highest BCUT2D eigenvalue weighted by Crippen LogP contribution is 2.57. The predicted octanol–water partition coefficient (Wildman–Crippen LogP) is 3.90. The van der Waals surface area contributed by atoms with Gasteiger partial charge in [-0.2, -0.15) is 0 Å². The zero-order valence-electron chi connectivity index (χ0n) is 10.4. The molecule has 4 atom stereocenters. The van der Waals surface area contributed by atoms with Gasteiger partial charge in [-0.1, -0.05) is 43.8 Å². The smallest absolute Gasteiger partial charge is 0.101 e. The van der Waals surface area contributed by atoms with Gasteiger partial charge in [0.15, 0.2) is 0 Å². The Morgan fingerprint density at radius 1 is 1.29 bits per heavy atom. The minimum Gasteiger partial charge on any atom is -0.498 e. The summed E-state index contributed by atoms with van der Waals surface area (Å²) < 4.78 is 5.63. The molecule has 0 N–H and O–H groups in total. The molecule has 4 unspecified atom stereocenters. The first-order chi connectivity index (χ1) is 8.24. The van der Waals surface area contributed by atoms with Gasteiger partial charge in [0, 0.05) is 0 Å². The molecule has 0 amide bonds. The standard InChI is InChI=1S/C16H20O/c1-3-17-15-10-14-9-12(15)11-16(14,2)13-7-5-4-6-8-13/h3-8,12,14-15H,1,9-11H2,2H3. The van der Waals surface area contributed by atoms with Gasteiger partial charge in [-0.05, 0) is 42.1 Å². The van der Waals surface area contributed by atoms with Crippen LogP contribution in [0.4, 0.5) is 0 Å². The van der Waals surface area contributed by atoms with Crippen molar-refractivity contribution in [2.24, 2.45) is 11.8 Å². The number of fused-ring (bicyclic) bond motifs is 2. The average molecular weight is 228 g/mol. The minimum atomic E-state index is 0.368. The van der Waals surface area contributed by atoms with Crippen LogP contribution in [0.3, 0.4) is 0 Å². The van der Waals surface area contributed by atoms with Crippen molar-refractivity contribution in [2.45, 2.75) is 37.7 Å².